The van der Waals surface area contributed by atoms with Crippen molar-refractivity contribution in [2.45, 2.75) is 20.8 Å². The molecule has 0 aromatic carbocycles. The Morgan fingerprint density at radius 2 is 2.12 bits per heavy atom. The topological polar surface area (TPSA) is 64.3 Å². The summed E-state index contributed by atoms with van der Waals surface area (Å²) in [7, 11) is 0. The lowest BCUT2D eigenvalue weighted by Crippen LogP contribution is -2.28. The maximum Gasteiger partial charge on any atom is 0.134 e. The standard InChI is InChI=1S/C11H20N4O/c1-4-15(6-7-16-5-2)11-8-10(12)13-9(3)14-11/h8H,4-7H2,1-3H3,(H2,12,13,14). The highest BCUT2D eigenvalue weighted by atomic mass is 16.5. The number of anilines is 2. The molecule has 16 heavy (non-hydrogen) atoms. The molecule has 5 nitrogen and oxygen atoms in total. The minimum absolute atomic E-state index is 0.511. The van der Waals surface area contributed by atoms with E-state index in [0.29, 0.717) is 18.2 Å². The maximum atomic E-state index is 5.70. The van der Waals surface area contributed by atoms with Gasteiger partial charge in [0.1, 0.15) is 17.5 Å². The molecule has 0 fully saturated rings. The summed E-state index contributed by atoms with van der Waals surface area (Å²) in [5, 5.41) is 0. The number of nitrogens with zero attached hydrogens (tertiary/aromatic N) is 3. The van der Waals surface area contributed by atoms with Crippen LogP contribution < -0.4 is 10.6 Å². The van der Waals surface area contributed by atoms with Crippen molar-refractivity contribution in [3.8, 4) is 0 Å². The molecular formula is C11H20N4O. The van der Waals surface area contributed by atoms with Crippen LogP contribution in [0, 0.1) is 6.92 Å². The second kappa shape index (κ2) is 6.27. The number of aromatic nitrogens is 2. The number of nitrogen functional groups attached to an aromatic ring is 1. The fourth-order valence-corrected chi connectivity index (χ4v) is 1.49. The maximum absolute atomic E-state index is 5.70. The van der Waals surface area contributed by atoms with E-state index in [1.165, 1.54) is 0 Å². The number of hydrogen-bond donors (Lipinski definition) is 1. The number of aryl methyl sites for hydroxylation is 1. The van der Waals surface area contributed by atoms with Gasteiger partial charge in [0, 0.05) is 25.8 Å². The molecule has 0 saturated carbocycles. The average molecular weight is 224 g/mol. The summed E-state index contributed by atoms with van der Waals surface area (Å²) in [6, 6.07) is 1.79. The fraction of sp³-hybridized carbons (Fsp3) is 0.636. The highest BCUT2D eigenvalue weighted by Gasteiger charge is 2.07. The van der Waals surface area contributed by atoms with Crippen molar-refractivity contribution < 1.29 is 4.74 Å². The number of nitrogens with two attached hydrogens (primary N) is 1. The number of rotatable bonds is 6. The molecule has 1 aromatic rings. The van der Waals surface area contributed by atoms with Crippen LogP contribution in [0.2, 0.25) is 0 Å². The van der Waals surface area contributed by atoms with Crippen molar-refractivity contribution in [2.75, 3.05) is 36.9 Å². The summed E-state index contributed by atoms with van der Waals surface area (Å²) in [6.07, 6.45) is 0. The Hall–Kier alpha value is -1.36. The quantitative estimate of drug-likeness (QED) is 0.736. The predicted octanol–water partition coefficient (Wildman–Crippen LogP) is 1.23. The van der Waals surface area contributed by atoms with Crippen LogP contribution in [0.4, 0.5) is 11.6 Å². The molecule has 2 N–H and O–H groups in total. The van der Waals surface area contributed by atoms with E-state index in [9.17, 15) is 0 Å². The molecule has 0 aliphatic heterocycles. The third kappa shape index (κ3) is 3.66. The minimum atomic E-state index is 0.511. The van der Waals surface area contributed by atoms with Gasteiger partial charge in [0.15, 0.2) is 0 Å². The van der Waals surface area contributed by atoms with E-state index >= 15 is 0 Å². The van der Waals surface area contributed by atoms with Crippen molar-refractivity contribution >= 4 is 11.6 Å². The summed E-state index contributed by atoms with van der Waals surface area (Å²) >= 11 is 0. The SMILES string of the molecule is CCOCCN(CC)c1cc(N)nc(C)n1. The summed E-state index contributed by atoms with van der Waals surface area (Å²) in [5.41, 5.74) is 5.70. The molecule has 1 rings (SSSR count). The normalized spacial score (nSPS) is 10.4. The molecule has 0 aliphatic carbocycles. The number of likely N-dealkylation sites (N-methyl/N-ethyl adjacent to an activating group) is 1. The zero-order chi connectivity index (χ0) is 12.0. The van der Waals surface area contributed by atoms with Gasteiger partial charge in [-0.3, -0.25) is 0 Å². The predicted molar refractivity (Wildman–Crippen MR) is 65.6 cm³/mol. The van der Waals surface area contributed by atoms with E-state index in [1.54, 1.807) is 6.07 Å². The molecule has 0 radical (unpaired) electrons. The van der Waals surface area contributed by atoms with Gasteiger partial charge in [0.05, 0.1) is 6.61 Å². The van der Waals surface area contributed by atoms with Crippen LogP contribution in [0.5, 0.6) is 0 Å². The lowest BCUT2D eigenvalue weighted by Gasteiger charge is -2.22. The first-order chi connectivity index (χ1) is 7.67. The Bertz CT molecular complexity index is 310. The van der Waals surface area contributed by atoms with Gasteiger partial charge >= 0.3 is 0 Å². The Labute approximate surface area is 96.6 Å². The molecule has 0 amide bonds. The van der Waals surface area contributed by atoms with Gasteiger partial charge in [0.2, 0.25) is 0 Å². The fourth-order valence-electron chi connectivity index (χ4n) is 1.49. The van der Waals surface area contributed by atoms with Crippen molar-refractivity contribution in [3.63, 3.8) is 0 Å². The Kier molecular flexibility index (Phi) is 4.98. The van der Waals surface area contributed by atoms with E-state index in [2.05, 4.69) is 21.8 Å². The largest absolute Gasteiger partial charge is 0.384 e. The molecular weight excluding hydrogens is 204 g/mol. The monoisotopic (exact) mass is 224 g/mol. The smallest absolute Gasteiger partial charge is 0.134 e. The first-order valence-corrected chi connectivity index (χ1v) is 5.61. The Balaban J connectivity index is 2.70. The highest BCUT2D eigenvalue weighted by molar-refractivity contribution is 5.46. The summed E-state index contributed by atoms with van der Waals surface area (Å²) in [6.45, 7) is 9.05. The van der Waals surface area contributed by atoms with Gasteiger partial charge in [0.25, 0.3) is 0 Å². The third-order valence-electron chi connectivity index (χ3n) is 2.26. The van der Waals surface area contributed by atoms with Gasteiger partial charge < -0.3 is 15.4 Å². The van der Waals surface area contributed by atoms with Crippen LogP contribution in [-0.2, 0) is 4.74 Å². The Morgan fingerprint density at radius 1 is 1.38 bits per heavy atom. The molecule has 0 unspecified atom stereocenters. The summed E-state index contributed by atoms with van der Waals surface area (Å²) < 4.78 is 5.33. The van der Waals surface area contributed by atoms with Gasteiger partial charge in [-0.05, 0) is 20.8 Å². The summed E-state index contributed by atoms with van der Waals surface area (Å²) in [4.78, 5) is 10.5. The van der Waals surface area contributed by atoms with Crippen molar-refractivity contribution in [2.24, 2.45) is 0 Å². The van der Waals surface area contributed by atoms with Gasteiger partial charge in [-0.1, -0.05) is 0 Å². The van der Waals surface area contributed by atoms with Gasteiger partial charge in [-0.2, -0.15) is 0 Å². The number of ether oxygens (including phenoxy) is 1. The highest BCUT2D eigenvalue weighted by Crippen LogP contribution is 2.13. The molecule has 0 spiro atoms. The Morgan fingerprint density at radius 3 is 2.69 bits per heavy atom. The van der Waals surface area contributed by atoms with E-state index in [-0.39, 0.29) is 0 Å². The molecule has 0 bridgehead atoms. The molecule has 0 atom stereocenters. The van der Waals surface area contributed by atoms with Crippen LogP contribution in [0.3, 0.4) is 0 Å². The average Bonchev–Trinajstić information content (AvgIpc) is 2.23. The summed E-state index contributed by atoms with van der Waals surface area (Å²) in [5.74, 6) is 2.08. The first-order valence-electron chi connectivity index (χ1n) is 5.61. The minimum Gasteiger partial charge on any atom is -0.384 e. The van der Waals surface area contributed by atoms with Crippen molar-refractivity contribution in [1.29, 1.82) is 0 Å². The second-order valence-corrected chi connectivity index (χ2v) is 3.47. The molecule has 0 saturated heterocycles. The number of hydrogen-bond acceptors (Lipinski definition) is 5. The van der Waals surface area contributed by atoms with Crippen LogP contribution in [0.1, 0.15) is 19.7 Å². The van der Waals surface area contributed by atoms with Gasteiger partial charge in [-0.15, -0.1) is 0 Å². The molecule has 1 aromatic heterocycles. The van der Waals surface area contributed by atoms with Gasteiger partial charge in [-0.25, -0.2) is 9.97 Å². The van der Waals surface area contributed by atoms with Crippen LogP contribution >= 0.6 is 0 Å². The zero-order valence-corrected chi connectivity index (χ0v) is 10.2. The van der Waals surface area contributed by atoms with E-state index < -0.39 is 0 Å². The second-order valence-electron chi connectivity index (χ2n) is 3.47. The van der Waals surface area contributed by atoms with Crippen LogP contribution in [0.15, 0.2) is 6.07 Å². The zero-order valence-electron chi connectivity index (χ0n) is 10.2. The molecule has 1 heterocycles. The molecule has 5 heteroatoms. The molecule has 90 valence electrons. The van der Waals surface area contributed by atoms with E-state index in [0.717, 1.165) is 25.5 Å². The first kappa shape index (κ1) is 12.7. The third-order valence-corrected chi connectivity index (χ3v) is 2.26. The van der Waals surface area contributed by atoms with Crippen molar-refractivity contribution in [1.82, 2.24) is 9.97 Å². The molecule has 0 aliphatic rings. The van der Waals surface area contributed by atoms with E-state index in [1.807, 2.05) is 13.8 Å². The van der Waals surface area contributed by atoms with Crippen molar-refractivity contribution in [3.05, 3.63) is 11.9 Å². The lowest BCUT2D eigenvalue weighted by molar-refractivity contribution is 0.154. The lowest BCUT2D eigenvalue weighted by atomic mass is 10.4. The van der Waals surface area contributed by atoms with E-state index in [4.69, 9.17) is 10.5 Å². The van der Waals surface area contributed by atoms with Crippen LogP contribution in [0.25, 0.3) is 0 Å². The van der Waals surface area contributed by atoms with Crippen LogP contribution in [-0.4, -0.2) is 36.3 Å².